The van der Waals surface area contributed by atoms with Gasteiger partial charge in [-0.1, -0.05) is 0 Å². The van der Waals surface area contributed by atoms with Crippen LogP contribution in [0, 0.1) is 6.92 Å². The van der Waals surface area contributed by atoms with Crippen LogP contribution in [0.5, 0.6) is 0 Å². The first-order chi connectivity index (χ1) is 11.6. The van der Waals surface area contributed by atoms with Crippen LogP contribution in [0.15, 0.2) is 23.2 Å². The lowest BCUT2D eigenvalue weighted by atomic mass is 10.1. The molecule has 0 bridgehead atoms. The van der Waals surface area contributed by atoms with Gasteiger partial charge in [-0.05, 0) is 19.8 Å². The zero-order chi connectivity index (χ0) is 17.1. The summed E-state index contributed by atoms with van der Waals surface area (Å²) in [4.78, 5) is 38.3. The average Bonchev–Trinajstić information content (AvgIpc) is 3.21. The van der Waals surface area contributed by atoms with E-state index in [1.54, 1.807) is 24.2 Å². The molecule has 1 atom stereocenters. The number of carbonyl (C=O) groups excluding carboxylic acids is 2. The van der Waals surface area contributed by atoms with E-state index in [1.807, 2.05) is 0 Å². The summed E-state index contributed by atoms with van der Waals surface area (Å²) < 4.78 is 5.13. The van der Waals surface area contributed by atoms with Crippen LogP contribution in [-0.2, 0) is 11.3 Å². The number of aryl methyl sites for hydroxylation is 1. The van der Waals surface area contributed by atoms with Gasteiger partial charge in [-0.2, -0.15) is 0 Å². The molecular formula is C16H19N5O3. The molecule has 0 unspecified atom stereocenters. The van der Waals surface area contributed by atoms with E-state index >= 15 is 0 Å². The Kier molecular flexibility index (Phi) is 4.54. The molecule has 2 aromatic rings. The molecule has 2 aromatic heterocycles. The third-order valence-electron chi connectivity index (χ3n) is 4.02. The Morgan fingerprint density at radius 2 is 2.25 bits per heavy atom. The molecule has 3 rings (SSSR count). The number of likely N-dealkylation sites (tertiary alicyclic amines) is 1. The summed E-state index contributed by atoms with van der Waals surface area (Å²) in [5.74, 6) is 0.232. The van der Waals surface area contributed by atoms with E-state index in [0.29, 0.717) is 30.2 Å². The molecule has 1 N–H and O–H groups in total. The van der Waals surface area contributed by atoms with E-state index in [9.17, 15) is 9.59 Å². The maximum atomic E-state index is 12.7. The van der Waals surface area contributed by atoms with Crippen LogP contribution in [-0.4, -0.2) is 38.2 Å². The number of hydrogen-bond acceptors (Lipinski definition) is 6. The molecular weight excluding hydrogens is 310 g/mol. The number of rotatable bonds is 4. The first-order valence-corrected chi connectivity index (χ1v) is 7.82. The summed E-state index contributed by atoms with van der Waals surface area (Å²) in [6, 6.07) is -0.140. The molecule has 1 fully saturated rings. The number of oxazole rings is 1. The fraction of sp³-hybridized carbons (Fsp3) is 0.438. The molecule has 8 heteroatoms. The van der Waals surface area contributed by atoms with Gasteiger partial charge in [0, 0.05) is 13.5 Å². The van der Waals surface area contributed by atoms with Crippen molar-refractivity contribution in [2.45, 2.75) is 39.3 Å². The smallest absolute Gasteiger partial charge is 0.276 e. The summed E-state index contributed by atoms with van der Waals surface area (Å²) in [5, 5.41) is 2.70. The first kappa shape index (κ1) is 16.1. The Bertz CT molecular complexity index is 758. The van der Waals surface area contributed by atoms with Crippen molar-refractivity contribution < 1.29 is 14.0 Å². The van der Waals surface area contributed by atoms with E-state index in [0.717, 1.165) is 18.5 Å². The summed E-state index contributed by atoms with van der Waals surface area (Å²) in [6.45, 7) is 4.14. The molecule has 0 spiro atoms. The molecule has 126 valence electrons. The van der Waals surface area contributed by atoms with Gasteiger partial charge in [-0.25, -0.2) is 4.98 Å². The standard InChI is InChI=1S/C16H19N5O3/c1-10-15(19-9-24-10)16(23)21-5-3-4-14(21)13-8-17-6-12(20-13)7-18-11(2)22/h6,8-9,14H,3-5,7H2,1-2H3,(H,18,22)/t14-/m1/s1. The fourth-order valence-electron chi connectivity index (χ4n) is 2.85. The molecule has 0 aromatic carbocycles. The van der Waals surface area contributed by atoms with Crippen molar-refractivity contribution in [3.63, 3.8) is 0 Å². The van der Waals surface area contributed by atoms with Crippen molar-refractivity contribution in [2.24, 2.45) is 0 Å². The molecule has 1 saturated heterocycles. The molecule has 0 aliphatic carbocycles. The van der Waals surface area contributed by atoms with E-state index < -0.39 is 0 Å². The van der Waals surface area contributed by atoms with Crippen molar-refractivity contribution in [1.29, 1.82) is 0 Å². The fourth-order valence-corrected chi connectivity index (χ4v) is 2.85. The molecule has 0 radical (unpaired) electrons. The second-order valence-electron chi connectivity index (χ2n) is 5.76. The van der Waals surface area contributed by atoms with Crippen LogP contribution in [0.25, 0.3) is 0 Å². The summed E-state index contributed by atoms with van der Waals surface area (Å²) in [7, 11) is 0. The lowest BCUT2D eigenvalue weighted by molar-refractivity contribution is -0.119. The highest BCUT2D eigenvalue weighted by Crippen LogP contribution is 2.32. The van der Waals surface area contributed by atoms with Crippen LogP contribution in [0.2, 0.25) is 0 Å². The molecule has 3 heterocycles. The van der Waals surface area contributed by atoms with Crippen LogP contribution >= 0.6 is 0 Å². The minimum absolute atomic E-state index is 0.124. The molecule has 2 amide bonds. The van der Waals surface area contributed by atoms with Gasteiger partial charge in [0.05, 0.1) is 36.4 Å². The second kappa shape index (κ2) is 6.77. The third-order valence-corrected chi connectivity index (χ3v) is 4.02. The first-order valence-electron chi connectivity index (χ1n) is 7.82. The van der Waals surface area contributed by atoms with Crippen molar-refractivity contribution in [2.75, 3.05) is 6.54 Å². The maximum Gasteiger partial charge on any atom is 0.276 e. The van der Waals surface area contributed by atoms with Crippen LogP contribution < -0.4 is 5.32 Å². The topological polar surface area (TPSA) is 101 Å². The van der Waals surface area contributed by atoms with Crippen molar-refractivity contribution in [1.82, 2.24) is 25.2 Å². The van der Waals surface area contributed by atoms with Crippen molar-refractivity contribution >= 4 is 11.8 Å². The second-order valence-corrected chi connectivity index (χ2v) is 5.76. The Balaban J connectivity index is 1.80. The van der Waals surface area contributed by atoms with Gasteiger partial charge < -0.3 is 14.6 Å². The lowest BCUT2D eigenvalue weighted by Crippen LogP contribution is -2.32. The minimum atomic E-state index is -0.155. The highest BCUT2D eigenvalue weighted by atomic mass is 16.3. The van der Waals surface area contributed by atoms with E-state index in [-0.39, 0.29) is 17.9 Å². The molecule has 1 aliphatic heterocycles. The Morgan fingerprint density at radius 1 is 1.42 bits per heavy atom. The van der Waals surface area contributed by atoms with Crippen molar-refractivity contribution in [3.05, 3.63) is 41.6 Å². The van der Waals surface area contributed by atoms with Crippen LogP contribution in [0.4, 0.5) is 0 Å². The van der Waals surface area contributed by atoms with E-state index in [4.69, 9.17) is 4.42 Å². The van der Waals surface area contributed by atoms with Gasteiger partial charge in [-0.3, -0.25) is 19.6 Å². The summed E-state index contributed by atoms with van der Waals surface area (Å²) in [5.41, 5.74) is 1.73. The normalized spacial score (nSPS) is 17.1. The molecule has 0 saturated carbocycles. The minimum Gasteiger partial charge on any atom is -0.448 e. The molecule has 1 aliphatic rings. The number of nitrogens with one attached hydrogen (secondary N) is 1. The average molecular weight is 329 g/mol. The number of nitrogens with zero attached hydrogens (tertiary/aromatic N) is 4. The Morgan fingerprint density at radius 3 is 2.96 bits per heavy atom. The Hall–Kier alpha value is -2.77. The highest BCUT2D eigenvalue weighted by molar-refractivity contribution is 5.93. The largest absolute Gasteiger partial charge is 0.448 e. The van der Waals surface area contributed by atoms with Gasteiger partial charge in [0.15, 0.2) is 12.1 Å². The lowest BCUT2D eigenvalue weighted by Gasteiger charge is -2.23. The third kappa shape index (κ3) is 3.27. The van der Waals surface area contributed by atoms with Gasteiger partial charge in [-0.15, -0.1) is 0 Å². The van der Waals surface area contributed by atoms with Gasteiger partial charge in [0.2, 0.25) is 5.91 Å². The SMILES string of the molecule is CC(=O)NCc1cncc([C@H]2CCCN2C(=O)c2ncoc2C)n1. The summed E-state index contributed by atoms with van der Waals surface area (Å²) in [6.07, 6.45) is 6.28. The van der Waals surface area contributed by atoms with E-state index in [2.05, 4.69) is 20.3 Å². The van der Waals surface area contributed by atoms with Gasteiger partial charge >= 0.3 is 0 Å². The van der Waals surface area contributed by atoms with Crippen LogP contribution in [0.1, 0.15) is 53.4 Å². The van der Waals surface area contributed by atoms with E-state index in [1.165, 1.54) is 13.3 Å². The number of aromatic nitrogens is 3. The van der Waals surface area contributed by atoms with Gasteiger partial charge in [0.1, 0.15) is 5.76 Å². The zero-order valence-corrected chi connectivity index (χ0v) is 13.7. The molecule has 8 nitrogen and oxygen atoms in total. The quantitative estimate of drug-likeness (QED) is 0.909. The zero-order valence-electron chi connectivity index (χ0n) is 13.7. The van der Waals surface area contributed by atoms with Crippen LogP contribution in [0.3, 0.4) is 0 Å². The highest BCUT2D eigenvalue weighted by Gasteiger charge is 2.33. The van der Waals surface area contributed by atoms with Crippen molar-refractivity contribution in [3.8, 4) is 0 Å². The number of amides is 2. The Labute approximate surface area is 139 Å². The predicted octanol–water partition coefficient (Wildman–Crippen LogP) is 1.39. The predicted molar refractivity (Wildman–Crippen MR) is 83.8 cm³/mol. The summed E-state index contributed by atoms with van der Waals surface area (Å²) >= 11 is 0. The molecule has 24 heavy (non-hydrogen) atoms. The van der Waals surface area contributed by atoms with Gasteiger partial charge in [0.25, 0.3) is 5.91 Å². The maximum absolute atomic E-state index is 12.7. The number of hydrogen-bond donors (Lipinski definition) is 1. The number of carbonyl (C=O) groups is 2. The monoisotopic (exact) mass is 329 g/mol.